The van der Waals surface area contributed by atoms with Crippen LogP contribution in [-0.4, -0.2) is 11.2 Å². The predicted molar refractivity (Wildman–Crippen MR) is 79.8 cm³/mol. The van der Waals surface area contributed by atoms with Crippen LogP contribution in [0.1, 0.15) is 0 Å². The largest absolute Gasteiger partial charge is 0.488 e. The minimum atomic E-state index is -0.0609. The summed E-state index contributed by atoms with van der Waals surface area (Å²) in [5.41, 5.74) is 6.22. The van der Waals surface area contributed by atoms with Crippen LogP contribution in [0.2, 0.25) is 5.02 Å². The van der Waals surface area contributed by atoms with E-state index in [1.807, 2.05) is 0 Å². The van der Waals surface area contributed by atoms with Crippen LogP contribution in [0.4, 0.5) is 5.69 Å². The topological polar surface area (TPSA) is 57.2 Å². The molecule has 0 aliphatic carbocycles. The van der Waals surface area contributed by atoms with Gasteiger partial charge in [-0.05, 0) is 34.1 Å². The fourth-order valence-electron chi connectivity index (χ4n) is 1.62. The van der Waals surface area contributed by atoms with Crippen LogP contribution in [0.15, 0.2) is 45.8 Å². The highest BCUT2D eigenvalue weighted by Gasteiger charge is 2.07. The number of hydrogen-bond acceptors (Lipinski definition) is 3. The molecule has 2 N–H and O–H groups in total. The summed E-state index contributed by atoms with van der Waals surface area (Å²) in [6, 6.07) is 8.34. The number of benzene rings is 1. The lowest BCUT2D eigenvalue weighted by molar-refractivity contribution is 0.296. The monoisotopic (exact) mass is 342 g/mol. The minimum Gasteiger partial charge on any atom is -0.488 e. The average Bonchev–Trinajstić information content (AvgIpc) is 2.34. The summed E-state index contributed by atoms with van der Waals surface area (Å²) < 4.78 is 7.85. The second kappa shape index (κ2) is 6.12. The van der Waals surface area contributed by atoms with Crippen molar-refractivity contribution in [1.82, 2.24) is 4.57 Å². The highest BCUT2D eigenvalue weighted by Crippen LogP contribution is 2.34. The maximum Gasteiger partial charge on any atom is 0.250 e. The number of aromatic nitrogens is 1. The van der Waals surface area contributed by atoms with E-state index in [1.54, 1.807) is 35.0 Å². The van der Waals surface area contributed by atoms with E-state index in [0.717, 1.165) is 0 Å². The molecule has 4 nitrogen and oxygen atoms in total. The maximum atomic E-state index is 11.5. The van der Waals surface area contributed by atoms with Gasteiger partial charge in [0, 0.05) is 17.3 Å². The second-order valence-electron chi connectivity index (χ2n) is 3.89. The van der Waals surface area contributed by atoms with Gasteiger partial charge in [-0.3, -0.25) is 4.79 Å². The standard InChI is InChI=1S/C13H12BrClN2O2/c14-10-7-9(15)8-11(16)13(10)19-6-5-17-4-2-1-3-12(17)18/h1-4,7-8H,5-6,16H2. The van der Waals surface area contributed by atoms with E-state index < -0.39 is 0 Å². The first kappa shape index (κ1) is 14.0. The van der Waals surface area contributed by atoms with Gasteiger partial charge in [-0.15, -0.1) is 0 Å². The summed E-state index contributed by atoms with van der Waals surface area (Å²) in [7, 11) is 0. The summed E-state index contributed by atoms with van der Waals surface area (Å²) >= 11 is 9.20. The molecule has 1 aromatic carbocycles. The van der Waals surface area contributed by atoms with Crippen molar-refractivity contribution in [3.8, 4) is 5.75 Å². The molecule has 0 bridgehead atoms. The molecule has 2 rings (SSSR count). The lowest BCUT2D eigenvalue weighted by Crippen LogP contribution is -2.21. The summed E-state index contributed by atoms with van der Waals surface area (Å²) in [5, 5.41) is 0.538. The highest BCUT2D eigenvalue weighted by atomic mass is 79.9. The predicted octanol–water partition coefficient (Wildman–Crippen LogP) is 2.93. The van der Waals surface area contributed by atoms with E-state index >= 15 is 0 Å². The molecule has 19 heavy (non-hydrogen) atoms. The van der Waals surface area contributed by atoms with Crippen molar-refractivity contribution < 1.29 is 4.74 Å². The summed E-state index contributed by atoms with van der Waals surface area (Å²) in [6.45, 7) is 0.794. The molecule has 0 fully saturated rings. The van der Waals surface area contributed by atoms with Crippen molar-refractivity contribution in [1.29, 1.82) is 0 Å². The van der Waals surface area contributed by atoms with E-state index in [1.165, 1.54) is 6.07 Å². The molecule has 0 atom stereocenters. The normalized spacial score (nSPS) is 10.4. The van der Waals surface area contributed by atoms with Gasteiger partial charge in [0.2, 0.25) is 0 Å². The quantitative estimate of drug-likeness (QED) is 0.868. The maximum absolute atomic E-state index is 11.5. The van der Waals surface area contributed by atoms with E-state index in [2.05, 4.69) is 15.9 Å². The molecule has 0 spiro atoms. The van der Waals surface area contributed by atoms with Crippen LogP contribution in [0, 0.1) is 0 Å². The lowest BCUT2D eigenvalue weighted by Gasteiger charge is -2.12. The average molecular weight is 344 g/mol. The zero-order valence-corrected chi connectivity index (χ0v) is 12.3. The first-order valence-electron chi connectivity index (χ1n) is 5.60. The Labute approximate surface area is 123 Å². The van der Waals surface area contributed by atoms with Gasteiger partial charge < -0.3 is 15.0 Å². The van der Waals surface area contributed by atoms with Gasteiger partial charge in [0.25, 0.3) is 5.56 Å². The zero-order valence-electron chi connectivity index (χ0n) is 9.98. The van der Waals surface area contributed by atoms with Gasteiger partial charge in [0.1, 0.15) is 6.61 Å². The second-order valence-corrected chi connectivity index (χ2v) is 5.18. The SMILES string of the molecule is Nc1cc(Cl)cc(Br)c1OCCn1ccccc1=O. The lowest BCUT2D eigenvalue weighted by atomic mass is 10.3. The molecule has 0 unspecified atom stereocenters. The number of nitrogen functional groups attached to an aromatic ring is 1. The Kier molecular flexibility index (Phi) is 4.50. The third kappa shape index (κ3) is 3.52. The summed E-state index contributed by atoms with van der Waals surface area (Å²) in [5.74, 6) is 0.536. The Hall–Kier alpha value is -1.46. The molecule has 1 aromatic heterocycles. The van der Waals surface area contributed by atoms with E-state index in [-0.39, 0.29) is 5.56 Å². The summed E-state index contributed by atoms with van der Waals surface area (Å²) in [4.78, 5) is 11.5. The Morgan fingerprint density at radius 3 is 2.84 bits per heavy atom. The van der Waals surface area contributed by atoms with Crippen LogP contribution in [0.3, 0.4) is 0 Å². The molecular weight excluding hydrogens is 332 g/mol. The molecule has 1 heterocycles. The van der Waals surface area contributed by atoms with Crippen molar-refractivity contribution in [2.24, 2.45) is 0 Å². The van der Waals surface area contributed by atoms with Gasteiger partial charge in [-0.1, -0.05) is 17.7 Å². The fourth-order valence-corrected chi connectivity index (χ4v) is 2.57. The number of nitrogens with zero attached hydrogens (tertiary/aromatic N) is 1. The van der Waals surface area contributed by atoms with Crippen LogP contribution in [0.25, 0.3) is 0 Å². The van der Waals surface area contributed by atoms with Crippen LogP contribution >= 0.6 is 27.5 Å². The van der Waals surface area contributed by atoms with Crippen molar-refractivity contribution in [3.05, 3.63) is 56.4 Å². The number of halogens is 2. The molecule has 0 saturated carbocycles. The van der Waals surface area contributed by atoms with Gasteiger partial charge in [-0.2, -0.15) is 0 Å². The molecule has 0 aliphatic rings. The highest BCUT2D eigenvalue weighted by molar-refractivity contribution is 9.10. The Balaban J connectivity index is 2.04. The summed E-state index contributed by atoms with van der Waals surface area (Å²) in [6.07, 6.45) is 1.71. The number of nitrogens with two attached hydrogens (primary N) is 1. The molecule has 0 radical (unpaired) electrons. The molecule has 2 aromatic rings. The minimum absolute atomic E-state index is 0.0609. The van der Waals surface area contributed by atoms with Crippen LogP contribution in [0.5, 0.6) is 5.75 Å². The Morgan fingerprint density at radius 2 is 2.16 bits per heavy atom. The van der Waals surface area contributed by atoms with Crippen molar-refractivity contribution in [3.63, 3.8) is 0 Å². The van der Waals surface area contributed by atoms with Gasteiger partial charge in [0.05, 0.1) is 16.7 Å². The van der Waals surface area contributed by atoms with E-state index in [4.69, 9.17) is 22.1 Å². The number of pyridine rings is 1. The first-order chi connectivity index (χ1) is 9.08. The van der Waals surface area contributed by atoms with Crippen molar-refractivity contribution >= 4 is 33.2 Å². The van der Waals surface area contributed by atoms with E-state index in [9.17, 15) is 4.79 Å². The fraction of sp³-hybridized carbons (Fsp3) is 0.154. The smallest absolute Gasteiger partial charge is 0.250 e. The van der Waals surface area contributed by atoms with Gasteiger partial charge in [0.15, 0.2) is 5.75 Å². The Morgan fingerprint density at radius 1 is 1.37 bits per heavy atom. The number of anilines is 1. The van der Waals surface area contributed by atoms with Gasteiger partial charge in [-0.25, -0.2) is 0 Å². The third-order valence-electron chi connectivity index (χ3n) is 2.51. The molecule has 0 amide bonds. The number of rotatable bonds is 4. The first-order valence-corrected chi connectivity index (χ1v) is 6.78. The molecule has 100 valence electrons. The van der Waals surface area contributed by atoms with Crippen molar-refractivity contribution in [2.75, 3.05) is 12.3 Å². The zero-order chi connectivity index (χ0) is 13.8. The number of hydrogen-bond donors (Lipinski definition) is 1. The third-order valence-corrected chi connectivity index (χ3v) is 3.32. The molecule has 0 aliphatic heterocycles. The Bertz CT molecular complexity index is 620. The van der Waals surface area contributed by atoms with E-state index in [0.29, 0.717) is 34.1 Å². The van der Waals surface area contributed by atoms with Crippen LogP contribution in [-0.2, 0) is 6.54 Å². The molecule has 0 saturated heterocycles. The van der Waals surface area contributed by atoms with Crippen molar-refractivity contribution in [2.45, 2.75) is 6.54 Å². The molecule has 6 heteroatoms. The number of ether oxygens (including phenoxy) is 1. The van der Waals surface area contributed by atoms with Gasteiger partial charge >= 0.3 is 0 Å². The van der Waals surface area contributed by atoms with Crippen LogP contribution < -0.4 is 16.0 Å². The molecular formula is C13H12BrClN2O2.